The zero-order valence-corrected chi connectivity index (χ0v) is 29.2. The summed E-state index contributed by atoms with van der Waals surface area (Å²) in [5, 5.41) is 0.169. The topological polar surface area (TPSA) is 21.8 Å². The number of alkyl halides is 1. The van der Waals surface area contributed by atoms with Gasteiger partial charge in [0.1, 0.15) is 0 Å². The van der Waals surface area contributed by atoms with Crippen molar-refractivity contribution in [2.24, 2.45) is 0 Å². The van der Waals surface area contributed by atoms with E-state index >= 15 is 0 Å². The maximum absolute atomic E-state index is 6.49. The Kier molecular flexibility index (Phi) is 30.3. The van der Waals surface area contributed by atoms with Crippen LogP contribution < -0.4 is 0 Å². The van der Waals surface area contributed by atoms with Crippen LogP contribution in [-0.2, 0) is 9.47 Å². The van der Waals surface area contributed by atoms with Gasteiger partial charge in [-0.2, -0.15) is 0 Å². The van der Waals surface area contributed by atoms with Gasteiger partial charge in [-0.05, 0) is 77.0 Å². The van der Waals surface area contributed by atoms with Gasteiger partial charge >= 0.3 is 0 Å². The third kappa shape index (κ3) is 28.5. The molecule has 0 spiro atoms. The second-order valence-corrected chi connectivity index (χ2v) is 13.7. The summed E-state index contributed by atoms with van der Waals surface area (Å²) in [5.74, 6) is 0. The fraction of sp³-hybridized carbons (Fsp3) is 0.897. The predicted molar refractivity (Wildman–Crippen MR) is 188 cm³/mol. The summed E-state index contributed by atoms with van der Waals surface area (Å²) in [5.41, 5.74) is 0. The summed E-state index contributed by atoms with van der Waals surface area (Å²) in [6, 6.07) is 0. The van der Waals surface area contributed by atoms with E-state index in [0.29, 0.717) is 18.8 Å². The number of rotatable bonds is 34. The zero-order chi connectivity index (χ0) is 30.2. The lowest BCUT2D eigenvalue weighted by Crippen LogP contribution is -2.10. The Bertz CT molecular complexity index is 589. The first-order valence-electron chi connectivity index (χ1n) is 18.9. The minimum absolute atomic E-state index is 0.169. The Hall–Kier alpha value is -0.310. The largest absolute Gasteiger partial charge is 0.380 e. The van der Waals surface area contributed by atoms with Crippen LogP contribution in [0.3, 0.4) is 0 Å². The highest BCUT2D eigenvalue weighted by Crippen LogP contribution is 2.31. The van der Waals surface area contributed by atoms with Gasteiger partial charge in [0.25, 0.3) is 0 Å². The Morgan fingerprint density at radius 2 is 0.929 bits per heavy atom. The van der Waals surface area contributed by atoms with E-state index in [1.807, 2.05) is 0 Å². The molecule has 0 aromatic rings. The molecule has 3 unspecified atom stereocenters. The van der Waals surface area contributed by atoms with Gasteiger partial charge in [-0.1, -0.05) is 141 Å². The van der Waals surface area contributed by atoms with Crippen LogP contribution in [-0.4, -0.2) is 30.8 Å². The maximum atomic E-state index is 6.49. The molecule has 0 saturated carbocycles. The fourth-order valence-electron chi connectivity index (χ4n) is 5.87. The van der Waals surface area contributed by atoms with Crippen molar-refractivity contribution in [2.45, 2.75) is 211 Å². The van der Waals surface area contributed by atoms with Crippen molar-refractivity contribution in [3.8, 4) is 0 Å². The molecule has 0 aromatic heterocycles. The quantitative estimate of drug-likeness (QED) is 0.0313. The molecule has 0 aliphatic carbocycles. The first-order chi connectivity index (χ1) is 20.8. The van der Waals surface area contributed by atoms with E-state index in [1.165, 1.54) is 161 Å². The number of epoxide rings is 1. The SMILES string of the molecule is CCCCCCCC/C=C/CCCCCCC(Cl)COCCCC1OC1CCCCCC/C=C/CCCCCCCC. The van der Waals surface area contributed by atoms with Crippen LogP contribution in [0.1, 0.15) is 194 Å². The second-order valence-electron chi connectivity index (χ2n) is 13.1. The van der Waals surface area contributed by atoms with E-state index in [-0.39, 0.29) is 5.38 Å². The maximum Gasteiger partial charge on any atom is 0.0842 e. The number of halogens is 1. The summed E-state index contributed by atoms with van der Waals surface area (Å²) in [7, 11) is 0. The van der Waals surface area contributed by atoms with Crippen LogP contribution in [0.5, 0.6) is 0 Å². The lowest BCUT2D eigenvalue weighted by atomic mass is 10.1. The van der Waals surface area contributed by atoms with E-state index in [2.05, 4.69) is 38.2 Å². The molecular weight excluding hydrogens is 536 g/mol. The lowest BCUT2D eigenvalue weighted by Gasteiger charge is -2.10. The monoisotopic (exact) mass is 609 g/mol. The van der Waals surface area contributed by atoms with Crippen LogP contribution in [0.2, 0.25) is 0 Å². The number of allylic oxidation sites excluding steroid dienone is 4. The summed E-state index contributed by atoms with van der Waals surface area (Å²) in [4.78, 5) is 0. The van der Waals surface area contributed by atoms with Crippen LogP contribution in [0.25, 0.3) is 0 Å². The lowest BCUT2D eigenvalue weighted by molar-refractivity contribution is 0.126. The number of hydrogen-bond acceptors (Lipinski definition) is 2. The van der Waals surface area contributed by atoms with Crippen molar-refractivity contribution in [3.05, 3.63) is 24.3 Å². The molecule has 1 fully saturated rings. The molecule has 1 aliphatic rings. The van der Waals surface area contributed by atoms with Gasteiger partial charge in [-0.15, -0.1) is 11.6 Å². The van der Waals surface area contributed by atoms with E-state index in [4.69, 9.17) is 21.1 Å². The van der Waals surface area contributed by atoms with E-state index in [9.17, 15) is 0 Å². The molecule has 1 aliphatic heterocycles. The van der Waals surface area contributed by atoms with E-state index in [1.54, 1.807) is 0 Å². The minimum atomic E-state index is 0.169. The van der Waals surface area contributed by atoms with Crippen LogP contribution >= 0.6 is 11.6 Å². The smallest absolute Gasteiger partial charge is 0.0842 e. The Morgan fingerprint density at radius 1 is 0.524 bits per heavy atom. The fourth-order valence-corrected chi connectivity index (χ4v) is 6.11. The molecule has 1 saturated heterocycles. The van der Waals surface area contributed by atoms with Crippen molar-refractivity contribution in [1.82, 2.24) is 0 Å². The third-order valence-corrected chi connectivity index (χ3v) is 9.14. The van der Waals surface area contributed by atoms with Gasteiger partial charge in [0.2, 0.25) is 0 Å². The molecule has 42 heavy (non-hydrogen) atoms. The van der Waals surface area contributed by atoms with Gasteiger partial charge < -0.3 is 9.47 Å². The molecule has 0 radical (unpaired) electrons. The molecule has 3 atom stereocenters. The number of unbranched alkanes of at least 4 members (excludes halogenated alkanes) is 20. The zero-order valence-electron chi connectivity index (χ0n) is 28.4. The van der Waals surface area contributed by atoms with Crippen molar-refractivity contribution in [3.63, 3.8) is 0 Å². The van der Waals surface area contributed by atoms with Gasteiger partial charge in [0.15, 0.2) is 0 Å². The second kappa shape index (κ2) is 32.1. The normalized spacial score (nSPS) is 17.6. The molecule has 248 valence electrons. The Balaban J connectivity index is 1.75. The molecule has 0 aromatic carbocycles. The van der Waals surface area contributed by atoms with Crippen molar-refractivity contribution in [1.29, 1.82) is 0 Å². The Morgan fingerprint density at radius 3 is 1.43 bits per heavy atom. The van der Waals surface area contributed by atoms with Crippen molar-refractivity contribution < 1.29 is 9.47 Å². The average molecular weight is 609 g/mol. The summed E-state index contributed by atoms with van der Waals surface area (Å²) >= 11 is 6.49. The molecule has 3 heteroatoms. The molecule has 0 bridgehead atoms. The predicted octanol–water partition coefficient (Wildman–Crippen LogP) is 13.5. The molecule has 2 nitrogen and oxygen atoms in total. The molecule has 1 rings (SSSR count). The van der Waals surface area contributed by atoms with Gasteiger partial charge in [0.05, 0.1) is 24.2 Å². The Labute approximate surface area is 269 Å². The minimum Gasteiger partial charge on any atom is -0.380 e. The highest BCUT2D eigenvalue weighted by Gasteiger charge is 2.36. The average Bonchev–Trinajstić information content (AvgIpc) is 3.75. The standard InChI is InChI=1S/C39H73ClO2/c1-3-5-7-9-11-13-15-17-19-21-23-25-27-29-32-37(40)36-41-35-31-34-39-38(42-39)33-30-28-26-24-22-20-18-16-14-12-10-8-6-4-2/h17-20,37-39H,3-16,21-36H2,1-2H3/b19-17+,20-18+. The van der Waals surface area contributed by atoms with Gasteiger partial charge in [-0.3, -0.25) is 0 Å². The van der Waals surface area contributed by atoms with Gasteiger partial charge in [0, 0.05) is 6.61 Å². The number of hydrogen-bond donors (Lipinski definition) is 0. The van der Waals surface area contributed by atoms with Crippen LogP contribution in [0.4, 0.5) is 0 Å². The first-order valence-corrected chi connectivity index (χ1v) is 19.4. The summed E-state index contributed by atoms with van der Waals surface area (Å²) < 4.78 is 11.8. The molecular formula is C39H73ClO2. The first kappa shape index (κ1) is 39.7. The summed E-state index contributed by atoms with van der Waals surface area (Å²) in [6.45, 7) is 6.10. The van der Waals surface area contributed by atoms with Crippen LogP contribution in [0, 0.1) is 0 Å². The van der Waals surface area contributed by atoms with Crippen molar-refractivity contribution in [2.75, 3.05) is 13.2 Å². The molecule has 0 N–H and O–H groups in total. The van der Waals surface area contributed by atoms with E-state index < -0.39 is 0 Å². The molecule has 0 amide bonds. The van der Waals surface area contributed by atoms with Gasteiger partial charge in [-0.25, -0.2) is 0 Å². The number of ether oxygens (including phenoxy) is 2. The summed E-state index contributed by atoms with van der Waals surface area (Å²) in [6.07, 6.45) is 47.6. The third-order valence-electron chi connectivity index (χ3n) is 8.79. The highest BCUT2D eigenvalue weighted by atomic mass is 35.5. The van der Waals surface area contributed by atoms with E-state index in [0.717, 1.165) is 25.9 Å². The van der Waals surface area contributed by atoms with Crippen molar-refractivity contribution >= 4 is 11.6 Å². The van der Waals surface area contributed by atoms with Crippen LogP contribution in [0.15, 0.2) is 24.3 Å². The highest BCUT2D eigenvalue weighted by molar-refractivity contribution is 6.20. The molecule has 1 heterocycles.